The highest BCUT2D eigenvalue weighted by Crippen LogP contribution is 2.22. The molecule has 1 aromatic carbocycles. The molecule has 0 spiro atoms. The van der Waals surface area contributed by atoms with Gasteiger partial charge in [-0.2, -0.15) is 0 Å². The van der Waals surface area contributed by atoms with E-state index in [9.17, 15) is 13.6 Å². The molecule has 2 N–H and O–H groups in total. The van der Waals surface area contributed by atoms with Gasteiger partial charge in [0.1, 0.15) is 17.7 Å². The minimum Gasteiger partial charge on any atom is -0.331 e. The Balaban J connectivity index is 2.09. The van der Waals surface area contributed by atoms with Crippen molar-refractivity contribution in [1.82, 2.24) is 14.8 Å². The zero-order valence-corrected chi connectivity index (χ0v) is 17.6. The number of hydrogen-bond acceptors (Lipinski definition) is 4. The molecule has 0 aliphatic rings. The van der Waals surface area contributed by atoms with E-state index in [1.54, 1.807) is 0 Å². The highest BCUT2D eigenvalue weighted by atomic mass is 32.2. The van der Waals surface area contributed by atoms with Gasteiger partial charge >= 0.3 is 0 Å². The third kappa shape index (κ3) is 5.75. The maximum absolute atomic E-state index is 13.7. The molecule has 9 heteroatoms. The Labute approximate surface area is 168 Å². The molecule has 2 rings (SSSR count). The Morgan fingerprint density at radius 2 is 2.04 bits per heavy atom. The fourth-order valence-electron chi connectivity index (χ4n) is 2.95. The van der Waals surface area contributed by atoms with E-state index in [0.717, 1.165) is 43.8 Å². The van der Waals surface area contributed by atoms with Crippen LogP contribution in [0.1, 0.15) is 45.0 Å². The van der Waals surface area contributed by atoms with Gasteiger partial charge in [-0.1, -0.05) is 32.0 Å². The molecule has 0 fully saturated rings. The number of quaternary nitrogens is 1. The highest BCUT2D eigenvalue weighted by molar-refractivity contribution is 7.99. The first-order valence-electron chi connectivity index (χ1n) is 9.48. The fraction of sp³-hybridized carbons (Fsp3) is 0.526. The van der Waals surface area contributed by atoms with Crippen LogP contribution in [0.25, 0.3) is 0 Å². The molecule has 0 radical (unpaired) electrons. The van der Waals surface area contributed by atoms with Crippen LogP contribution in [0.4, 0.5) is 14.5 Å². The molecule has 1 atom stereocenters. The van der Waals surface area contributed by atoms with Crippen LogP contribution in [-0.4, -0.2) is 40.5 Å². The number of hydrogen-bond donors (Lipinski definition) is 2. The van der Waals surface area contributed by atoms with Gasteiger partial charge in [0.2, 0.25) is 5.91 Å². The number of thioether (sulfide) groups is 1. The van der Waals surface area contributed by atoms with Crippen molar-refractivity contribution in [2.75, 3.05) is 25.2 Å². The van der Waals surface area contributed by atoms with E-state index in [1.807, 2.05) is 0 Å². The van der Waals surface area contributed by atoms with Gasteiger partial charge in [-0.05, 0) is 18.6 Å². The first-order chi connectivity index (χ1) is 13.4. The van der Waals surface area contributed by atoms with E-state index < -0.39 is 11.6 Å². The van der Waals surface area contributed by atoms with Gasteiger partial charge in [0.15, 0.2) is 11.0 Å². The lowest BCUT2D eigenvalue weighted by atomic mass is 10.2. The van der Waals surface area contributed by atoms with Gasteiger partial charge < -0.3 is 14.8 Å². The standard InChI is InChI=1S/C19H27F2N5OS/c1-5-7-10-26-18(16(6-2)25(3)4)23-24-19(26)28-12-17(27)22-15-9-8-13(20)11-14(15)21/h8-9,11,16H,5-7,10,12H2,1-4H3,(H,22,27)/p+1/t16-/m0/s1. The van der Waals surface area contributed by atoms with E-state index in [0.29, 0.717) is 5.16 Å². The smallest absolute Gasteiger partial charge is 0.234 e. The zero-order chi connectivity index (χ0) is 20.7. The van der Waals surface area contributed by atoms with Gasteiger partial charge in [0.25, 0.3) is 0 Å². The predicted molar refractivity (Wildman–Crippen MR) is 106 cm³/mol. The topological polar surface area (TPSA) is 64.2 Å². The summed E-state index contributed by atoms with van der Waals surface area (Å²) in [5, 5.41) is 11.8. The van der Waals surface area contributed by atoms with Crippen LogP contribution in [0, 0.1) is 11.6 Å². The minimum atomic E-state index is -0.800. The Morgan fingerprint density at radius 3 is 2.64 bits per heavy atom. The van der Waals surface area contributed by atoms with Crippen LogP contribution in [0.5, 0.6) is 0 Å². The Bertz CT molecular complexity index is 797. The molecule has 1 aromatic heterocycles. The molecule has 1 heterocycles. The van der Waals surface area contributed by atoms with Crippen molar-refractivity contribution >= 4 is 23.4 Å². The summed E-state index contributed by atoms with van der Waals surface area (Å²) in [5.74, 6) is -0.885. The van der Waals surface area contributed by atoms with Crippen LogP contribution in [0.2, 0.25) is 0 Å². The van der Waals surface area contributed by atoms with Gasteiger partial charge in [-0.15, -0.1) is 10.2 Å². The van der Waals surface area contributed by atoms with Crippen molar-refractivity contribution in [2.24, 2.45) is 0 Å². The highest BCUT2D eigenvalue weighted by Gasteiger charge is 2.25. The molecule has 2 aromatic rings. The van der Waals surface area contributed by atoms with Crippen molar-refractivity contribution in [3.63, 3.8) is 0 Å². The van der Waals surface area contributed by atoms with Crippen LogP contribution in [0.3, 0.4) is 0 Å². The van der Waals surface area contributed by atoms with Gasteiger partial charge in [-0.3, -0.25) is 4.79 Å². The zero-order valence-electron chi connectivity index (χ0n) is 16.8. The monoisotopic (exact) mass is 412 g/mol. The predicted octanol–water partition coefficient (Wildman–Crippen LogP) is 2.68. The second-order valence-electron chi connectivity index (χ2n) is 6.85. The largest absolute Gasteiger partial charge is 0.331 e. The minimum absolute atomic E-state index is 0.0395. The summed E-state index contributed by atoms with van der Waals surface area (Å²) in [6, 6.07) is 3.28. The average Bonchev–Trinajstić information content (AvgIpc) is 3.03. The Hall–Kier alpha value is -2.00. The van der Waals surface area contributed by atoms with Gasteiger partial charge in [0, 0.05) is 19.0 Å². The summed E-state index contributed by atoms with van der Waals surface area (Å²) in [5.41, 5.74) is -0.0395. The van der Waals surface area contributed by atoms with Gasteiger partial charge in [0.05, 0.1) is 25.5 Å². The normalized spacial score (nSPS) is 12.4. The molecule has 154 valence electrons. The first kappa shape index (κ1) is 22.3. The average molecular weight is 413 g/mol. The third-order valence-corrected chi connectivity index (χ3v) is 5.40. The van der Waals surface area contributed by atoms with Gasteiger partial charge in [-0.25, -0.2) is 8.78 Å². The molecule has 0 bridgehead atoms. The SMILES string of the molecule is CCCCn1c(SCC(=O)Nc2ccc(F)cc2F)nnc1[C@H](CC)[NH+](C)C. The molecule has 0 unspecified atom stereocenters. The summed E-state index contributed by atoms with van der Waals surface area (Å²) in [4.78, 5) is 13.5. The second-order valence-corrected chi connectivity index (χ2v) is 7.79. The lowest BCUT2D eigenvalue weighted by Crippen LogP contribution is -3.06. The summed E-state index contributed by atoms with van der Waals surface area (Å²) in [7, 11) is 4.18. The summed E-state index contributed by atoms with van der Waals surface area (Å²) in [6.07, 6.45) is 2.96. The second kappa shape index (κ2) is 10.5. The van der Waals surface area contributed by atoms with Crippen molar-refractivity contribution in [3.8, 4) is 0 Å². The number of rotatable bonds is 10. The molecule has 1 amide bonds. The van der Waals surface area contributed by atoms with Crippen molar-refractivity contribution in [3.05, 3.63) is 35.7 Å². The molecule has 0 saturated heterocycles. The number of halogens is 2. The molecule has 6 nitrogen and oxygen atoms in total. The number of nitrogens with one attached hydrogen (secondary N) is 2. The molecule has 0 aliphatic heterocycles. The quantitative estimate of drug-likeness (QED) is 0.589. The van der Waals surface area contributed by atoms with E-state index in [2.05, 4.69) is 48.0 Å². The lowest BCUT2D eigenvalue weighted by Gasteiger charge is -2.20. The third-order valence-electron chi connectivity index (χ3n) is 4.44. The van der Waals surface area contributed by atoms with Crippen molar-refractivity contribution in [1.29, 1.82) is 0 Å². The van der Waals surface area contributed by atoms with E-state index in [1.165, 1.54) is 22.7 Å². The first-order valence-corrected chi connectivity index (χ1v) is 10.5. The molecule has 0 aliphatic carbocycles. The number of nitrogens with zero attached hydrogens (tertiary/aromatic N) is 3. The summed E-state index contributed by atoms with van der Waals surface area (Å²) in [6.45, 7) is 5.03. The summed E-state index contributed by atoms with van der Waals surface area (Å²) >= 11 is 1.27. The van der Waals surface area contributed by atoms with E-state index in [-0.39, 0.29) is 23.4 Å². The number of anilines is 1. The molecule has 28 heavy (non-hydrogen) atoms. The molecule has 0 saturated carbocycles. The maximum atomic E-state index is 13.7. The van der Waals surface area contributed by atoms with E-state index >= 15 is 0 Å². The number of benzene rings is 1. The lowest BCUT2D eigenvalue weighted by molar-refractivity contribution is -0.893. The maximum Gasteiger partial charge on any atom is 0.234 e. The van der Waals surface area contributed by atoms with Crippen LogP contribution in [-0.2, 0) is 11.3 Å². The fourth-order valence-corrected chi connectivity index (χ4v) is 3.72. The number of carbonyl (C=O) groups excluding carboxylic acids is 1. The molecular formula is C19H28F2N5OS+. The number of amides is 1. The molecular weight excluding hydrogens is 384 g/mol. The van der Waals surface area contributed by atoms with Crippen molar-refractivity contribution < 1.29 is 18.5 Å². The van der Waals surface area contributed by atoms with Crippen LogP contribution >= 0.6 is 11.8 Å². The number of carbonyl (C=O) groups is 1. The van der Waals surface area contributed by atoms with Crippen LogP contribution < -0.4 is 10.2 Å². The number of aromatic nitrogens is 3. The van der Waals surface area contributed by atoms with E-state index in [4.69, 9.17) is 0 Å². The van der Waals surface area contributed by atoms with Crippen LogP contribution in [0.15, 0.2) is 23.4 Å². The Kier molecular flexibility index (Phi) is 8.37. The van der Waals surface area contributed by atoms with Crippen molar-refractivity contribution in [2.45, 2.75) is 50.9 Å². The Morgan fingerprint density at radius 1 is 1.29 bits per heavy atom. The summed E-state index contributed by atoms with van der Waals surface area (Å²) < 4.78 is 28.8. The number of unbranched alkanes of at least 4 members (excludes halogenated alkanes) is 1.